The molecule has 0 aliphatic carbocycles. The molecule has 22 heavy (non-hydrogen) atoms. The van der Waals surface area contributed by atoms with Crippen LogP contribution in [0.2, 0.25) is 15.1 Å². The Kier molecular flexibility index (Phi) is 5.71. The molecule has 1 aromatic carbocycles. The Balaban J connectivity index is 1.91. The smallest absolute Gasteiger partial charge is 0.277 e. The van der Waals surface area contributed by atoms with E-state index in [0.717, 1.165) is 0 Å². The molecule has 1 heterocycles. The first-order valence-corrected chi connectivity index (χ1v) is 7.25. The van der Waals surface area contributed by atoms with Gasteiger partial charge in [-0.2, -0.15) is 5.10 Å². The average Bonchev–Trinajstić information content (AvgIpc) is 3.01. The molecule has 5 nitrogen and oxygen atoms in total. The number of furan rings is 1. The molecule has 2 aromatic rings. The number of carbonyl (C=O) groups is 1. The van der Waals surface area contributed by atoms with Crippen LogP contribution in [-0.2, 0) is 4.79 Å². The van der Waals surface area contributed by atoms with Gasteiger partial charge in [-0.3, -0.25) is 4.79 Å². The largest absolute Gasteiger partial charge is 0.482 e. The van der Waals surface area contributed by atoms with Crippen molar-refractivity contribution in [2.45, 2.75) is 6.92 Å². The van der Waals surface area contributed by atoms with Crippen LogP contribution in [0.3, 0.4) is 0 Å². The summed E-state index contributed by atoms with van der Waals surface area (Å²) in [5.41, 5.74) is 2.88. The van der Waals surface area contributed by atoms with E-state index in [1.54, 1.807) is 19.1 Å². The van der Waals surface area contributed by atoms with Crippen molar-refractivity contribution < 1.29 is 13.9 Å². The van der Waals surface area contributed by atoms with Gasteiger partial charge in [0.25, 0.3) is 5.91 Å². The zero-order chi connectivity index (χ0) is 16.1. The third-order valence-corrected chi connectivity index (χ3v) is 3.58. The van der Waals surface area contributed by atoms with E-state index < -0.39 is 5.91 Å². The molecule has 1 aromatic heterocycles. The van der Waals surface area contributed by atoms with Gasteiger partial charge < -0.3 is 9.15 Å². The van der Waals surface area contributed by atoms with Crippen molar-refractivity contribution in [3.63, 3.8) is 0 Å². The lowest BCUT2D eigenvalue weighted by Gasteiger charge is -2.08. The normalized spacial score (nSPS) is 11.4. The molecule has 8 heteroatoms. The highest BCUT2D eigenvalue weighted by Crippen LogP contribution is 2.33. The standard InChI is InChI=1S/C14H11Cl3N2O3/c1-8(12-3-2-4-21-12)18-19-14(20)7-22-13-6-10(16)9(15)5-11(13)17/h2-6H,7H2,1H3,(H,19,20). The third kappa shape index (κ3) is 4.40. The van der Waals surface area contributed by atoms with E-state index in [0.29, 0.717) is 16.5 Å². The Morgan fingerprint density at radius 3 is 2.68 bits per heavy atom. The van der Waals surface area contributed by atoms with Gasteiger partial charge in [0.05, 0.1) is 21.3 Å². The number of hydrogen-bond acceptors (Lipinski definition) is 4. The molecular weight excluding hydrogens is 351 g/mol. The molecule has 2 rings (SSSR count). The van der Waals surface area contributed by atoms with Crippen molar-refractivity contribution in [3.05, 3.63) is 51.4 Å². The number of amides is 1. The monoisotopic (exact) mass is 360 g/mol. The van der Waals surface area contributed by atoms with Crippen LogP contribution >= 0.6 is 34.8 Å². The summed E-state index contributed by atoms with van der Waals surface area (Å²) >= 11 is 17.6. The molecule has 0 saturated heterocycles. The Morgan fingerprint density at radius 2 is 2.00 bits per heavy atom. The summed E-state index contributed by atoms with van der Waals surface area (Å²) in [5.74, 6) is 0.375. The highest BCUT2D eigenvalue weighted by molar-refractivity contribution is 6.43. The molecule has 116 valence electrons. The topological polar surface area (TPSA) is 63.8 Å². The highest BCUT2D eigenvalue weighted by Gasteiger charge is 2.09. The van der Waals surface area contributed by atoms with Crippen LogP contribution < -0.4 is 10.2 Å². The Labute approximate surface area is 141 Å². The number of ether oxygens (including phenoxy) is 1. The minimum absolute atomic E-state index is 0.262. The number of nitrogens with zero attached hydrogens (tertiary/aromatic N) is 1. The lowest BCUT2D eigenvalue weighted by Crippen LogP contribution is -2.25. The molecule has 1 N–H and O–H groups in total. The summed E-state index contributed by atoms with van der Waals surface area (Å²) in [5, 5.41) is 4.75. The summed E-state index contributed by atoms with van der Waals surface area (Å²) in [4.78, 5) is 11.7. The number of rotatable bonds is 5. The van der Waals surface area contributed by atoms with Crippen LogP contribution in [0.1, 0.15) is 12.7 Å². The second-order valence-electron chi connectivity index (χ2n) is 4.19. The Morgan fingerprint density at radius 1 is 1.27 bits per heavy atom. The lowest BCUT2D eigenvalue weighted by molar-refractivity contribution is -0.123. The van der Waals surface area contributed by atoms with Crippen LogP contribution in [0, 0.1) is 0 Å². The Bertz CT molecular complexity index is 700. The molecule has 0 aliphatic heterocycles. The van der Waals surface area contributed by atoms with Crippen LogP contribution in [-0.4, -0.2) is 18.2 Å². The summed E-state index contributed by atoms with van der Waals surface area (Å²) in [6.45, 7) is 1.43. The van der Waals surface area contributed by atoms with Gasteiger partial charge in [-0.05, 0) is 25.1 Å². The molecule has 0 unspecified atom stereocenters. The van der Waals surface area contributed by atoms with Gasteiger partial charge in [0.15, 0.2) is 6.61 Å². The predicted molar refractivity (Wildman–Crippen MR) is 86.0 cm³/mol. The maximum absolute atomic E-state index is 11.7. The molecule has 0 atom stereocenters. The fourth-order valence-corrected chi connectivity index (χ4v) is 2.07. The first-order valence-electron chi connectivity index (χ1n) is 6.11. The van der Waals surface area contributed by atoms with Crippen LogP contribution in [0.5, 0.6) is 5.75 Å². The van der Waals surface area contributed by atoms with Gasteiger partial charge in [-0.1, -0.05) is 34.8 Å². The van der Waals surface area contributed by atoms with Crippen LogP contribution in [0.15, 0.2) is 40.0 Å². The molecule has 0 bridgehead atoms. The van der Waals surface area contributed by atoms with Crippen molar-refractivity contribution in [1.82, 2.24) is 5.43 Å². The maximum atomic E-state index is 11.7. The van der Waals surface area contributed by atoms with Crippen LogP contribution in [0.25, 0.3) is 0 Å². The zero-order valence-corrected chi connectivity index (χ0v) is 13.7. The summed E-state index contributed by atoms with van der Waals surface area (Å²) in [6, 6.07) is 6.34. The molecule has 0 fully saturated rings. The summed E-state index contributed by atoms with van der Waals surface area (Å²) in [7, 11) is 0. The SMILES string of the molecule is CC(=NNC(=O)COc1cc(Cl)c(Cl)cc1Cl)c1ccco1. The fraction of sp³-hybridized carbons (Fsp3) is 0.143. The quantitative estimate of drug-likeness (QED) is 0.494. The molecule has 0 saturated carbocycles. The maximum Gasteiger partial charge on any atom is 0.277 e. The van der Waals surface area contributed by atoms with Gasteiger partial charge in [-0.25, -0.2) is 5.43 Å². The van der Waals surface area contributed by atoms with Crippen LogP contribution in [0.4, 0.5) is 0 Å². The van der Waals surface area contributed by atoms with E-state index in [1.807, 2.05) is 0 Å². The van der Waals surface area contributed by atoms with E-state index >= 15 is 0 Å². The van der Waals surface area contributed by atoms with Gasteiger partial charge in [-0.15, -0.1) is 0 Å². The van der Waals surface area contributed by atoms with Gasteiger partial charge in [0.2, 0.25) is 0 Å². The van der Waals surface area contributed by atoms with Crippen molar-refractivity contribution in [1.29, 1.82) is 0 Å². The first-order chi connectivity index (χ1) is 10.5. The molecule has 0 radical (unpaired) electrons. The van der Waals surface area contributed by atoms with Gasteiger partial charge in [0.1, 0.15) is 17.2 Å². The third-order valence-electron chi connectivity index (χ3n) is 2.56. The number of carbonyl (C=O) groups excluding carboxylic acids is 1. The minimum Gasteiger partial charge on any atom is -0.482 e. The highest BCUT2D eigenvalue weighted by atomic mass is 35.5. The van der Waals surface area contributed by atoms with Crippen molar-refractivity contribution in [3.8, 4) is 5.75 Å². The average molecular weight is 362 g/mol. The molecule has 0 aliphatic rings. The second-order valence-corrected chi connectivity index (χ2v) is 5.42. The minimum atomic E-state index is -0.451. The van der Waals surface area contributed by atoms with Crippen molar-refractivity contribution in [2.24, 2.45) is 5.10 Å². The van der Waals surface area contributed by atoms with E-state index in [9.17, 15) is 4.79 Å². The first kappa shape index (κ1) is 16.7. The number of hydrazone groups is 1. The summed E-state index contributed by atoms with van der Waals surface area (Å²) < 4.78 is 10.4. The number of halogens is 3. The fourth-order valence-electron chi connectivity index (χ4n) is 1.48. The predicted octanol–water partition coefficient (Wildman–Crippen LogP) is 4.16. The number of benzene rings is 1. The van der Waals surface area contributed by atoms with Crippen molar-refractivity contribution in [2.75, 3.05) is 6.61 Å². The van der Waals surface area contributed by atoms with E-state index in [-0.39, 0.29) is 22.4 Å². The van der Waals surface area contributed by atoms with E-state index in [1.165, 1.54) is 18.4 Å². The second kappa shape index (κ2) is 7.54. The van der Waals surface area contributed by atoms with Crippen molar-refractivity contribution >= 4 is 46.4 Å². The molecule has 1 amide bonds. The molecule has 0 spiro atoms. The van der Waals surface area contributed by atoms with E-state index in [4.69, 9.17) is 44.0 Å². The molecular formula is C14H11Cl3N2O3. The number of nitrogens with one attached hydrogen (secondary N) is 1. The van der Waals surface area contributed by atoms with Gasteiger partial charge >= 0.3 is 0 Å². The number of hydrogen-bond donors (Lipinski definition) is 1. The zero-order valence-electron chi connectivity index (χ0n) is 11.4. The van der Waals surface area contributed by atoms with E-state index in [2.05, 4.69) is 10.5 Å². The van der Waals surface area contributed by atoms with Gasteiger partial charge in [0, 0.05) is 6.07 Å². The lowest BCUT2D eigenvalue weighted by atomic mass is 10.3. The summed E-state index contributed by atoms with van der Waals surface area (Å²) in [6.07, 6.45) is 1.52. The Hall–Kier alpha value is -1.69.